The Labute approximate surface area is 78.1 Å². The van der Waals surface area contributed by atoms with Crippen LogP contribution in [0, 0.1) is 11.8 Å². The fourth-order valence-corrected chi connectivity index (χ4v) is 2.77. The van der Waals surface area contributed by atoms with E-state index in [4.69, 9.17) is 9.84 Å². The first-order chi connectivity index (χ1) is 6.27. The van der Waals surface area contributed by atoms with Gasteiger partial charge < -0.3 is 9.84 Å². The maximum absolute atomic E-state index is 10.6. The molecule has 0 bridgehead atoms. The third-order valence-electron chi connectivity index (χ3n) is 3.37. The van der Waals surface area contributed by atoms with Crippen molar-refractivity contribution in [1.29, 1.82) is 0 Å². The van der Waals surface area contributed by atoms with E-state index in [9.17, 15) is 4.79 Å². The zero-order valence-electron chi connectivity index (χ0n) is 7.74. The fourth-order valence-electron chi connectivity index (χ4n) is 2.77. The van der Waals surface area contributed by atoms with Gasteiger partial charge >= 0.3 is 5.97 Å². The quantitative estimate of drug-likeness (QED) is 0.710. The van der Waals surface area contributed by atoms with Crippen LogP contribution < -0.4 is 0 Å². The van der Waals surface area contributed by atoms with Crippen LogP contribution in [0.3, 0.4) is 0 Å². The van der Waals surface area contributed by atoms with Gasteiger partial charge in [0.2, 0.25) is 0 Å². The average Bonchev–Trinajstić information content (AvgIpc) is 2.51. The van der Waals surface area contributed by atoms with E-state index in [1.807, 2.05) is 0 Å². The van der Waals surface area contributed by atoms with E-state index in [1.165, 1.54) is 0 Å². The molecule has 1 saturated heterocycles. The highest BCUT2D eigenvalue weighted by Gasteiger charge is 2.38. The predicted octanol–water partition coefficient (Wildman–Crippen LogP) is 1.67. The summed E-state index contributed by atoms with van der Waals surface area (Å²) in [5.41, 5.74) is 0. The van der Waals surface area contributed by atoms with Crippen LogP contribution >= 0.6 is 0 Å². The minimum atomic E-state index is -0.655. The average molecular weight is 184 g/mol. The van der Waals surface area contributed by atoms with Crippen LogP contribution in [-0.2, 0) is 9.53 Å². The summed E-state index contributed by atoms with van der Waals surface area (Å²) in [4.78, 5) is 10.6. The van der Waals surface area contributed by atoms with Crippen LogP contribution in [0.2, 0.25) is 0 Å². The molecule has 2 fully saturated rings. The summed E-state index contributed by atoms with van der Waals surface area (Å²) in [6, 6.07) is 0. The van der Waals surface area contributed by atoms with Gasteiger partial charge in [0.25, 0.3) is 0 Å². The van der Waals surface area contributed by atoms with Gasteiger partial charge in [0, 0.05) is 13.0 Å². The van der Waals surface area contributed by atoms with Crippen LogP contribution in [0.1, 0.15) is 32.1 Å². The molecular weight excluding hydrogens is 168 g/mol. The molecule has 1 heterocycles. The van der Waals surface area contributed by atoms with Gasteiger partial charge in [-0.15, -0.1) is 0 Å². The summed E-state index contributed by atoms with van der Waals surface area (Å²) < 4.78 is 5.58. The monoisotopic (exact) mass is 184 g/mol. The summed E-state index contributed by atoms with van der Waals surface area (Å²) in [7, 11) is 0. The van der Waals surface area contributed by atoms with Crippen molar-refractivity contribution in [2.24, 2.45) is 11.8 Å². The molecule has 74 valence electrons. The lowest BCUT2D eigenvalue weighted by atomic mass is 9.75. The summed E-state index contributed by atoms with van der Waals surface area (Å²) in [6.07, 6.45) is 5.14. The maximum atomic E-state index is 10.6. The third kappa shape index (κ3) is 1.85. The smallest absolute Gasteiger partial charge is 0.303 e. The molecule has 0 spiro atoms. The van der Waals surface area contributed by atoms with Crippen molar-refractivity contribution < 1.29 is 14.6 Å². The molecule has 0 unspecified atom stereocenters. The Balaban J connectivity index is 1.97. The van der Waals surface area contributed by atoms with Gasteiger partial charge in [0.05, 0.1) is 6.10 Å². The van der Waals surface area contributed by atoms with Crippen molar-refractivity contribution >= 4 is 5.97 Å². The van der Waals surface area contributed by atoms with Crippen LogP contribution in [0.4, 0.5) is 0 Å². The van der Waals surface area contributed by atoms with Crippen molar-refractivity contribution in [2.75, 3.05) is 6.61 Å². The SMILES string of the molecule is O=C(O)C[C@@H]1CCC[C@@H]2OCC[C@@H]12. The molecule has 2 rings (SSSR count). The highest BCUT2D eigenvalue weighted by molar-refractivity contribution is 5.67. The van der Waals surface area contributed by atoms with Crippen LogP contribution in [-0.4, -0.2) is 23.8 Å². The molecule has 0 aromatic rings. The topological polar surface area (TPSA) is 46.5 Å². The zero-order valence-corrected chi connectivity index (χ0v) is 7.74. The first kappa shape index (κ1) is 9.00. The third-order valence-corrected chi connectivity index (χ3v) is 3.37. The Kier molecular flexibility index (Phi) is 2.54. The molecule has 3 atom stereocenters. The highest BCUT2D eigenvalue weighted by atomic mass is 16.5. The van der Waals surface area contributed by atoms with E-state index in [2.05, 4.69) is 0 Å². The molecule has 1 aliphatic heterocycles. The number of fused-ring (bicyclic) bond motifs is 1. The maximum Gasteiger partial charge on any atom is 0.303 e. The normalized spacial score (nSPS) is 38.6. The number of aliphatic carboxylic acids is 1. The van der Waals surface area contributed by atoms with E-state index in [0.717, 1.165) is 32.3 Å². The summed E-state index contributed by atoms with van der Waals surface area (Å²) in [6.45, 7) is 0.839. The highest BCUT2D eigenvalue weighted by Crippen LogP contribution is 2.39. The Morgan fingerprint density at radius 2 is 2.23 bits per heavy atom. The molecule has 1 aliphatic carbocycles. The van der Waals surface area contributed by atoms with E-state index in [-0.39, 0.29) is 0 Å². The van der Waals surface area contributed by atoms with E-state index >= 15 is 0 Å². The predicted molar refractivity (Wildman–Crippen MR) is 47.4 cm³/mol. The lowest BCUT2D eigenvalue weighted by Gasteiger charge is -2.31. The Morgan fingerprint density at radius 3 is 3.00 bits per heavy atom. The first-order valence-electron chi connectivity index (χ1n) is 5.11. The second-order valence-electron chi connectivity index (χ2n) is 4.15. The van der Waals surface area contributed by atoms with Crippen LogP contribution in [0.5, 0.6) is 0 Å². The van der Waals surface area contributed by atoms with Crippen LogP contribution in [0.25, 0.3) is 0 Å². The van der Waals surface area contributed by atoms with Crippen LogP contribution in [0.15, 0.2) is 0 Å². The minimum Gasteiger partial charge on any atom is -0.481 e. The molecule has 0 amide bonds. The van der Waals surface area contributed by atoms with E-state index in [1.54, 1.807) is 0 Å². The van der Waals surface area contributed by atoms with Gasteiger partial charge in [0.1, 0.15) is 0 Å². The summed E-state index contributed by atoms with van der Waals surface area (Å²) in [5, 5.41) is 8.74. The van der Waals surface area contributed by atoms with Gasteiger partial charge in [-0.25, -0.2) is 0 Å². The molecule has 0 aromatic heterocycles. The molecular formula is C10H16O3. The van der Waals surface area contributed by atoms with Crippen molar-refractivity contribution in [1.82, 2.24) is 0 Å². The number of hydrogen-bond donors (Lipinski definition) is 1. The van der Waals surface area contributed by atoms with Gasteiger partial charge in [-0.2, -0.15) is 0 Å². The molecule has 13 heavy (non-hydrogen) atoms. The first-order valence-corrected chi connectivity index (χ1v) is 5.11. The Morgan fingerprint density at radius 1 is 1.38 bits per heavy atom. The van der Waals surface area contributed by atoms with Crippen molar-refractivity contribution in [2.45, 2.75) is 38.2 Å². The Bertz CT molecular complexity index is 202. The number of rotatable bonds is 2. The van der Waals surface area contributed by atoms with Crippen molar-refractivity contribution in [3.63, 3.8) is 0 Å². The molecule has 2 aliphatic rings. The summed E-state index contributed by atoms with van der Waals surface area (Å²) in [5.74, 6) is 0.251. The fraction of sp³-hybridized carbons (Fsp3) is 0.900. The largest absolute Gasteiger partial charge is 0.481 e. The lowest BCUT2D eigenvalue weighted by molar-refractivity contribution is -0.139. The minimum absolute atomic E-state index is 0.338. The molecule has 1 saturated carbocycles. The zero-order chi connectivity index (χ0) is 9.26. The molecule has 3 heteroatoms. The molecule has 3 nitrogen and oxygen atoms in total. The molecule has 0 radical (unpaired) electrons. The van der Waals surface area contributed by atoms with Crippen molar-refractivity contribution in [3.8, 4) is 0 Å². The Hall–Kier alpha value is -0.570. The van der Waals surface area contributed by atoms with E-state index < -0.39 is 5.97 Å². The second kappa shape index (κ2) is 3.66. The van der Waals surface area contributed by atoms with Gasteiger partial charge in [0.15, 0.2) is 0 Å². The molecule has 0 aromatic carbocycles. The molecule has 1 N–H and O–H groups in total. The second-order valence-corrected chi connectivity index (χ2v) is 4.15. The number of carboxylic acids is 1. The van der Waals surface area contributed by atoms with Gasteiger partial charge in [-0.3, -0.25) is 4.79 Å². The number of carboxylic acid groups (broad SMARTS) is 1. The summed E-state index contributed by atoms with van der Waals surface area (Å²) >= 11 is 0. The standard InChI is InChI=1S/C10H16O3/c11-10(12)6-7-2-1-3-9-8(7)4-5-13-9/h7-9H,1-6H2,(H,11,12)/t7-,8-,9-/m0/s1. The number of ether oxygens (including phenoxy) is 1. The van der Waals surface area contributed by atoms with E-state index in [0.29, 0.717) is 24.4 Å². The number of hydrogen-bond acceptors (Lipinski definition) is 2. The lowest BCUT2D eigenvalue weighted by Crippen LogP contribution is -2.30. The van der Waals surface area contributed by atoms with Gasteiger partial charge in [-0.05, 0) is 31.1 Å². The van der Waals surface area contributed by atoms with Gasteiger partial charge in [-0.1, -0.05) is 6.42 Å². The van der Waals surface area contributed by atoms with Crippen molar-refractivity contribution in [3.05, 3.63) is 0 Å². The number of carbonyl (C=O) groups is 1.